The Bertz CT molecular complexity index is 1030. The van der Waals surface area contributed by atoms with Crippen LogP contribution in [0.4, 0.5) is 0 Å². The molecule has 2 aromatic carbocycles. The van der Waals surface area contributed by atoms with Gasteiger partial charge in [-0.3, -0.25) is 9.59 Å². The minimum atomic E-state index is -0.284. The number of rotatable bonds is 9. The smallest absolute Gasteiger partial charge is 0.274 e. The van der Waals surface area contributed by atoms with Crippen molar-refractivity contribution in [3.8, 4) is 11.5 Å². The summed E-state index contributed by atoms with van der Waals surface area (Å²) in [5.41, 5.74) is 1.03. The van der Waals surface area contributed by atoms with E-state index in [9.17, 15) is 9.59 Å². The van der Waals surface area contributed by atoms with Crippen LogP contribution in [0.1, 0.15) is 16.1 Å². The SMILES string of the molecule is Cc1cccc(OCCN(C)C(=O)c2ccc(=O)n(CCOc3ccccc3)n2)c1. The number of aromatic nitrogens is 2. The van der Waals surface area contributed by atoms with Gasteiger partial charge in [-0.15, -0.1) is 0 Å². The topological polar surface area (TPSA) is 73.7 Å². The molecule has 1 aromatic heterocycles. The fourth-order valence-electron chi connectivity index (χ4n) is 2.79. The molecule has 0 unspecified atom stereocenters. The number of benzene rings is 2. The fourth-order valence-corrected chi connectivity index (χ4v) is 2.79. The van der Waals surface area contributed by atoms with E-state index in [1.54, 1.807) is 7.05 Å². The maximum absolute atomic E-state index is 12.7. The van der Waals surface area contributed by atoms with Crippen LogP contribution >= 0.6 is 0 Å². The molecule has 7 nitrogen and oxygen atoms in total. The summed E-state index contributed by atoms with van der Waals surface area (Å²) in [4.78, 5) is 26.2. The van der Waals surface area contributed by atoms with Crippen LogP contribution in [0.2, 0.25) is 0 Å². The van der Waals surface area contributed by atoms with Crippen molar-refractivity contribution in [2.45, 2.75) is 13.5 Å². The molecular formula is C23H25N3O4. The summed E-state index contributed by atoms with van der Waals surface area (Å²) in [5.74, 6) is 1.20. The molecule has 0 fully saturated rings. The van der Waals surface area contributed by atoms with Crippen LogP contribution < -0.4 is 15.0 Å². The van der Waals surface area contributed by atoms with Crippen LogP contribution in [-0.2, 0) is 6.54 Å². The van der Waals surface area contributed by atoms with E-state index in [2.05, 4.69) is 5.10 Å². The van der Waals surface area contributed by atoms with E-state index in [0.29, 0.717) is 18.9 Å². The van der Waals surface area contributed by atoms with E-state index in [1.165, 1.54) is 21.7 Å². The molecule has 0 aliphatic rings. The van der Waals surface area contributed by atoms with Gasteiger partial charge >= 0.3 is 0 Å². The molecule has 1 amide bonds. The lowest BCUT2D eigenvalue weighted by Gasteiger charge is -2.17. The number of hydrogen-bond acceptors (Lipinski definition) is 5. The molecule has 30 heavy (non-hydrogen) atoms. The second kappa shape index (κ2) is 10.2. The molecule has 3 aromatic rings. The number of nitrogens with zero attached hydrogens (tertiary/aromatic N) is 3. The summed E-state index contributed by atoms with van der Waals surface area (Å²) in [6.45, 7) is 3.26. The minimum absolute atomic E-state index is 0.201. The average Bonchev–Trinajstić information content (AvgIpc) is 2.75. The van der Waals surface area contributed by atoms with E-state index in [0.717, 1.165) is 11.3 Å². The highest BCUT2D eigenvalue weighted by Gasteiger charge is 2.15. The van der Waals surface area contributed by atoms with E-state index < -0.39 is 0 Å². The number of para-hydroxylation sites is 1. The monoisotopic (exact) mass is 407 g/mol. The van der Waals surface area contributed by atoms with Crippen LogP contribution in [0.3, 0.4) is 0 Å². The number of hydrogen-bond donors (Lipinski definition) is 0. The molecule has 0 aliphatic heterocycles. The van der Waals surface area contributed by atoms with Crippen LogP contribution in [0.15, 0.2) is 71.5 Å². The third kappa shape index (κ3) is 5.94. The van der Waals surface area contributed by atoms with Crippen molar-refractivity contribution in [1.82, 2.24) is 14.7 Å². The van der Waals surface area contributed by atoms with E-state index in [1.807, 2.05) is 61.5 Å². The van der Waals surface area contributed by atoms with Crippen molar-refractivity contribution in [2.75, 3.05) is 26.8 Å². The van der Waals surface area contributed by atoms with Gasteiger partial charge in [-0.1, -0.05) is 30.3 Å². The van der Waals surface area contributed by atoms with Gasteiger partial charge in [-0.05, 0) is 42.8 Å². The highest BCUT2D eigenvalue weighted by molar-refractivity contribution is 5.91. The van der Waals surface area contributed by atoms with Crippen molar-refractivity contribution in [3.05, 3.63) is 88.3 Å². The number of aryl methyl sites for hydroxylation is 1. The molecule has 1 heterocycles. The van der Waals surface area contributed by atoms with Crippen LogP contribution in [0, 0.1) is 6.92 Å². The van der Waals surface area contributed by atoms with Gasteiger partial charge in [0.2, 0.25) is 0 Å². The third-order valence-corrected chi connectivity index (χ3v) is 4.43. The predicted molar refractivity (Wildman–Crippen MR) is 114 cm³/mol. The van der Waals surface area contributed by atoms with Crippen LogP contribution in [-0.4, -0.2) is 47.4 Å². The Hall–Kier alpha value is -3.61. The van der Waals surface area contributed by atoms with Crippen molar-refractivity contribution in [1.29, 1.82) is 0 Å². The number of carbonyl (C=O) groups is 1. The summed E-state index contributed by atoms with van der Waals surface area (Å²) in [6, 6.07) is 19.8. The Labute approximate surface area is 175 Å². The molecule has 0 atom stereocenters. The zero-order valence-corrected chi connectivity index (χ0v) is 17.2. The first-order valence-corrected chi connectivity index (χ1v) is 9.74. The largest absolute Gasteiger partial charge is 0.492 e. The van der Waals surface area contributed by atoms with Gasteiger partial charge in [0.05, 0.1) is 13.1 Å². The highest BCUT2D eigenvalue weighted by atomic mass is 16.5. The number of ether oxygens (including phenoxy) is 2. The molecule has 0 aliphatic carbocycles. The molecule has 0 bridgehead atoms. The molecule has 0 saturated heterocycles. The molecule has 0 N–H and O–H groups in total. The van der Waals surface area contributed by atoms with Gasteiger partial charge in [0.1, 0.15) is 30.4 Å². The number of amides is 1. The Morgan fingerprint density at radius 1 is 0.967 bits per heavy atom. The molecule has 0 saturated carbocycles. The second-order valence-corrected chi connectivity index (χ2v) is 6.83. The molecule has 0 radical (unpaired) electrons. The standard InChI is InChI=1S/C23H25N3O4/c1-18-7-6-10-20(17-18)30-15-13-25(2)23(28)21-11-12-22(27)26(24-21)14-16-29-19-8-4-3-5-9-19/h3-12,17H,13-16H2,1-2H3. The van der Waals surface area contributed by atoms with Crippen molar-refractivity contribution in [2.24, 2.45) is 0 Å². The van der Waals surface area contributed by atoms with E-state index in [4.69, 9.17) is 9.47 Å². The quantitative estimate of drug-likeness (QED) is 0.545. The van der Waals surface area contributed by atoms with Crippen LogP contribution in [0.5, 0.6) is 11.5 Å². The summed E-state index contributed by atoms with van der Waals surface area (Å²) < 4.78 is 12.5. The van der Waals surface area contributed by atoms with Crippen molar-refractivity contribution in [3.63, 3.8) is 0 Å². The summed E-state index contributed by atoms with van der Waals surface area (Å²) in [6.07, 6.45) is 0. The maximum atomic E-state index is 12.7. The van der Waals surface area contributed by atoms with Gasteiger partial charge in [-0.2, -0.15) is 5.10 Å². The summed E-state index contributed by atoms with van der Waals surface area (Å²) >= 11 is 0. The van der Waals surface area contributed by atoms with Gasteiger partial charge in [0, 0.05) is 13.1 Å². The van der Waals surface area contributed by atoms with Crippen molar-refractivity contribution < 1.29 is 14.3 Å². The molecular weight excluding hydrogens is 382 g/mol. The first-order chi connectivity index (χ1) is 14.5. The second-order valence-electron chi connectivity index (χ2n) is 6.83. The number of carbonyl (C=O) groups excluding carboxylic acids is 1. The lowest BCUT2D eigenvalue weighted by molar-refractivity contribution is 0.0764. The van der Waals surface area contributed by atoms with E-state index >= 15 is 0 Å². The fraction of sp³-hybridized carbons (Fsp3) is 0.261. The third-order valence-electron chi connectivity index (χ3n) is 4.43. The van der Waals surface area contributed by atoms with Gasteiger partial charge in [-0.25, -0.2) is 4.68 Å². The van der Waals surface area contributed by atoms with Gasteiger partial charge in [0.25, 0.3) is 11.5 Å². The Morgan fingerprint density at radius 3 is 2.47 bits per heavy atom. The molecule has 3 rings (SSSR count). The Balaban J connectivity index is 1.54. The summed E-state index contributed by atoms with van der Waals surface area (Å²) in [5, 5.41) is 4.19. The van der Waals surface area contributed by atoms with Gasteiger partial charge in [0.15, 0.2) is 0 Å². The first-order valence-electron chi connectivity index (χ1n) is 9.74. The Kier molecular flexibility index (Phi) is 7.21. The van der Waals surface area contributed by atoms with Gasteiger partial charge < -0.3 is 14.4 Å². The Morgan fingerprint density at radius 2 is 1.70 bits per heavy atom. The van der Waals surface area contributed by atoms with Crippen molar-refractivity contribution >= 4 is 5.91 Å². The number of likely N-dealkylation sites (N-methyl/N-ethyl adjacent to an activating group) is 1. The lowest BCUT2D eigenvalue weighted by atomic mass is 10.2. The minimum Gasteiger partial charge on any atom is -0.492 e. The zero-order valence-electron chi connectivity index (χ0n) is 17.2. The van der Waals surface area contributed by atoms with Crippen LogP contribution in [0.25, 0.3) is 0 Å². The lowest BCUT2D eigenvalue weighted by Crippen LogP contribution is -2.34. The highest BCUT2D eigenvalue weighted by Crippen LogP contribution is 2.12. The average molecular weight is 407 g/mol. The molecule has 0 spiro atoms. The van der Waals surface area contributed by atoms with E-state index in [-0.39, 0.29) is 30.3 Å². The molecule has 156 valence electrons. The molecule has 7 heteroatoms. The zero-order chi connectivity index (χ0) is 21.3. The predicted octanol–water partition coefficient (Wildman–Crippen LogP) is 2.78. The normalized spacial score (nSPS) is 10.5. The first kappa shape index (κ1) is 21.1. The summed E-state index contributed by atoms with van der Waals surface area (Å²) in [7, 11) is 1.68. The maximum Gasteiger partial charge on any atom is 0.274 e.